The normalized spacial score (nSPS) is 14.8. The summed E-state index contributed by atoms with van der Waals surface area (Å²) in [7, 11) is 1.65. The Bertz CT molecular complexity index is 533. The highest BCUT2D eigenvalue weighted by molar-refractivity contribution is 7.13. The predicted octanol–water partition coefficient (Wildman–Crippen LogP) is 2.49. The standard InChI is InChI=1S/C13H17N3O2S/c1-17-10-7-11(19-8-10)13-16-15-12(18-13)3-2-6-14-9-4-5-9/h7-9,14H,2-6H2,1H3. The summed E-state index contributed by atoms with van der Waals surface area (Å²) in [6.07, 6.45) is 4.51. The van der Waals surface area contributed by atoms with Crippen molar-refractivity contribution in [3.8, 4) is 16.5 Å². The predicted molar refractivity (Wildman–Crippen MR) is 73.5 cm³/mol. The number of aromatic nitrogens is 2. The summed E-state index contributed by atoms with van der Waals surface area (Å²) in [4.78, 5) is 0.951. The minimum atomic E-state index is 0.582. The first-order chi connectivity index (χ1) is 9.35. The molecular formula is C13H17N3O2S. The number of thiophene rings is 1. The molecule has 0 amide bonds. The van der Waals surface area contributed by atoms with E-state index in [0.717, 1.165) is 36.1 Å². The number of methoxy groups -OCH3 is 1. The van der Waals surface area contributed by atoms with Crippen molar-refractivity contribution in [1.82, 2.24) is 15.5 Å². The van der Waals surface area contributed by atoms with Crippen LogP contribution in [0.3, 0.4) is 0 Å². The van der Waals surface area contributed by atoms with E-state index in [-0.39, 0.29) is 0 Å². The van der Waals surface area contributed by atoms with Crippen LogP contribution in [0.25, 0.3) is 10.8 Å². The third-order valence-electron chi connectivity index (χ3n) is 3.07. The molecule has 1 N–H and O–H groups in total. The maximum atomic E-state index is 5.66. The second kappa shape index (κ2) is 5.71. The van der Waals surface area contributed by atoms with Gasteiger partial charge in [0.25, 0.3) is 5.89 Å². The van der Waals surface area contributed by atoms with E-state index in [0.29, 0.717) is 11.8 Å². The molecule has 0 spiro atoms. The molecule has 6 heteroatoms. The molecule has 0 atom stereocenters. The van der Waals surface area contributed by atoms with Gasteiger partial charge < -0.3 is 14.5 Å². The Balaban J connectivity index is 1.52. The molecule has 1 aliphatic carbocycles. The van der Waals surface area contributed by atoms with Gasteiger partial charge in [-0.25, -0.2) is 0 Å². The van der Waals surface area contributed by atoms with Gasteiger partial charge in [-0.05, 0) is 25.8 Å². The molecule has 2 aromatic rings. The first-order valence-electron chi connectivity index (χ1n) is 6.54. The lowest BCUT2D eigenvalue weighted by Crippen LogP contribution is -2.17. The molecular weight excluding hydrogens is 262 g/mol. The molecule has 3 rings (SSSR count). The molecule has 1 aliphatic rings. The van der Waals surface area contributed by atoms with Crippen LogP contribution in [-0.4, -0.2) is 29.9 Å². The van der Waals surface area contributed by atoms with E-state index < -0.39 is 0 Å². The fourth-order valence-electron chi connectivity index (χ4n) is 1.83. The molecule has 1 saturated carbocycles. The SMILES string of the molecule is COc1csc(-c2nnc(CCCNC3CC3)o2)c1. The van der Waals surface area contributed by atoms with Crippen molar-refractivity contribution < 1.29 is 9.15 Å². The Labute approximate surface area is 116 Å². The largest absolute Gasteiger partial charge is 0.496 e. The molecule has 19 heavy (non-hydrogen) atoms. The van der Waals surface area contributed by atoms with Crippen LogP contribution < -0.4 is 10.1 Å². The first kappa shape index (κ1) is 12.6. The van der Waals surface area contributed by atoms with Crippen LogP contribution in [0.1, 0.15) is 25.2 Å². The molecule has 102 valence electrons. The van der Waals surface area contributed by atoms with E-state index >= 15 is 0 Å². The van der Waals surface area contributed by atoms with Gasteiger partial charge in [0, 0.05) is 23.9 Å². The molecule has 5 nitrogen and oxygen atoms in total. The van der Waals surface area contributed by atoms with Crippen LogP contribution in [0.2, 0.25) is 0 Å². The molecule has 0 radical (unpaired) electrons. The summed E-state index contributed by atoms with van der Waals surface area (Å²) in [5.74, 6) is 2.12. The summed E-state index contributed by atoms with van der Waals surface area (Å²) >= 11 is 1.55. The lowest BCUT2D eigenvalue weighted by Gasteiger charge is -1.99. The first-order valence-corrected chi connectivity index (χ1v) is 7.42. The number of nitrogens with one attached hydrogen (secondary N) is 1. The van der Waals surface area contributed by atoms with Crippen LogP contribution in [0.4, 0.5) is 0 Å². The van der Waals surface area contributed by atoms with Crippen molar-refractivity contribution >= 4 is 11.3 Å². The van der Waals surface area contributed by atoms with E-state index in [1.807, 2.05) is 11.4 Å². The van der Waals surface area contributed by atoms with Crippen molar-refractivity contribution in [3.63, 3.8) is 0 Å². The maximum Gasteiger partial charge on any atom is 0.257 e. The molecule has 0 unspecified atom stereocenters. The van der Waals surface area contributed by atoms with Gasteiger partial charge in [-0.1, -0.05) is 0 Å². The third-order valence-corrected chi connectivity index (χ3v) is 3.96. The number of nitrogens with zero attached hydrogens (tertiary/aromatic N) is 2. The molecule has 1 fully saturated rings. The van der Waals surface area contributed by atoms with Gasteiger partial charge >= 0.3 is 0 Å². The minimum Gasteiger partial charge on any atom is -0.496 e. The van der Waals surface area contributed by atoms with E-state index in [9.17, 15) is 0 Å². The highest BCUT2D eigenvalue weighted by Crippen LogP contribution is 2.30. The maximum absolute atomic E-state index is 5.66. The van der Waals surface area contributed by atoms with Crippen molar-refractivity contribution in [1.29, 1.82) is 0 Å². The van der Waals surface area contributed by atoms with Gasteiger partial charge in [-0.3, -0.25) is 0 Å². The van der Waals surface area contributed by atoms with Crippen molar-refractivity contribution in [2.75, 3.05) is 13.7 Å². The van der Waals surface area contributed by atoms with E-state index in [1.165, 1.54) is 12.8 Å². The topological polar surface area (TPSA) is 60.2 Å². The Morgan fingerprint density at radius 3 is 3.11 bits per heavy atom. The Kier molecular flexibility index (Phi) is 3.79. The molecule has 2 aromatic heterocycles. The van der Waals surface area contributed by atoms with Crippen LogP contribution in [0, 0.1) is 0 Å². The molecule has 0 saturated heterocycles. The lowest BCUT2D eigenvalue weighted by molar-refractivity contribution is 0.416. The molecule has 0 bridgehead atoms. The highest BCUT2D eigenvalue weighted by atomic mass is 32.1. The average molecular weight is 279 g/mol. The lowest BCUT2D eigenvalue weighted by atomic mass is 10.3. The molecule has 2 heterocycles. The monoisotopic (exact) mass is 279 g/mol. The van der Waals surface area contributed by atoms with Gasteiger partial charge in [0.05, 0.1) is 12.0 Å². The smallest absolute Gasteiger partial charge is 0.257 e. The van der Waals surface area contributed by atoms with Crippen LogP contribution in [0.5, 0.6) is 5.75 Å². The van der Waals surface area contributed by atoms with Crippen molar-refractivity contribution in [3.05, 3.63) is 17.3 Å². The van der Waals surface area contributed by atoms with E-state index in [4.69, 9.17) is 9.15 Å². The van der Waals surface area contributed by atoms with Crippen LogP contribution in [0.15, 0.2) is 15.9 Å². The number of hydrogen-bond acceptors (Lipinski definition) is 6. The number of hydrogen-bond donors (Lipinski definition) is 1. The van der Waals surface area contributed by atoms with Crippen LogP contribution in [-0.2, 0) is 6.42 Å². The summed E-state index contributed by atoms with van der Waals surface area (Å²) in [6, 6.07) is 2.67. The quantitative estimate of drug-likeness (QED) is 0.789. The zero-order valence-corrected chi connectivity index (χ0v) is 11.7. The average Bonchev–Trinajstić information content (AvgIpc) is 2.94. The second-order valence-corrected chi connectivity index (χ2v) is 5.59. The van der Waals surface area contributed by atoms with Gasteiger partial charge in [0.15, 0.2) is 0 Å². The summed E-state index contributed by atoms with van der Waals surface area (Å²) in [5, 5.41) is 13.6. The second-order valence-electron chi connectivity index (χ2n) is 4.68. The van der Waals surface area contributed by atoms with Crippen molar-refractivity contribution in [2.45, 2.75) is 31.7 Å². The third kappa shape index (κ3) is 3.33. The number of rotatable bonds is 7. The number of aryl methyl sites for hydroxylation is 1. The van der Waals surface area contributed by atoms with Crippen LogP contribution >= 0.6 is 11.3 Å². The van der Waals surface area contributed by atoms with Gasteiger partial charge in [-0.15, -0.1) is 21.5 Å². The van der Waals surface area contributed by atoms with E-state index in [1.54, 1.807) is 18.4 Å². The fourth-order valence-corrected chi connectivity index (χ4v) is 2.60. The minimum absolute atomic E-state index is 0.582. The summed E-state index contributed by atoms with van der Waals surface area (Å²) in [6.45, 7) is 1.02. The summed E-state index contributed by atoms with van der Waals surface area (Å²) in [5.41, 5.74) is 0. The Hall–Kier alpha value is -1.40. The van der Waals surface area contributed by atoms with Gasteiger partial charge in [0.2, 0.25) is 5.89 Å². The Morgan fingerprint density at radius 2 is 2.37 bits per heavy atom. The molecule has 0 aliphatic heterocycles. The highest BCUT2D eigenvalue weighted by Gasteiger charge is 2.19. The fraction of sp³-hybridized carbons (Fsp3) is 0.538. The summed E-state index contributed by atoms with van der Waals surface area (Å²) < 4.78 is 10.8. The van der Waals surface area contributed by atoms with Crippen molar-refractivity contribution in [2.24, 2.45) is 0 Å². The zero-order chi connectivity index (χ0) is 13.1. The van der Waals surface area contributed by atoms with Gasteiger partial charge in [-0.2, -0.15) is 0 Å². The zero-order valence-electron chi connectivity index (χ0n) is 10.9. The van der Waals surface area contributed by atoms with Gasteiger partial charge in [0.1, 0.15) is 5.75 Å². The molecule has 0 aromatic carbocycles. The van der Waals surface area contributed by atoms with E-state index in [2.05, 4.69) is 15.5 Å². The Morgan fingerprint density at radius 1 is 1.47 bits per heavy atom. The number of ether oxygens (including phenoxy) is 1.